The van der Waals surface area contributed by atoms with E-state index < -0.39 is 0 Å². The third kappa shape index (κ3) is 19.1. The Kier molecular flexibility index (Phi) is 27.0. The maximum absolute atomic E-state index is 3.76. The molecule has 0 radical (unpaired) electrons. The fourth-order valence-electron chi connectivity index (χ4n) is 0.789. The molecule has 0 aromatic heterocycles. The van der Waals surface area contributed by atoms with E-state index in [2.05, 4.69) is 38.2 Å². The maximum atomic E-state index is 3.76. The molecule has 0 saturated carbocycles. The predicted molar refractivity (Wildman–Crippen MR) is 58.2 cm³/mol. The molecule has 0 saturated heterocycles. The summed E-state index contributed by atoms with van der Waals surface area (Å²) in [7, 11) is 0. The number of hydrogen-bond donors (Lipinski definition) is 0. The molecule has 0 fully saturated rings. The molecule has 0 N–H and O–H groups in total. The molecule has 0 aromatic carbocycles. The van der Waals surface area contributed by atoms with E-state index >= 15 is 0 Å². The van der Waals surface area contributed by atoms with Crippen molar-refractivity contribution in [1.82, 2.24) is 0 Å². The van der Waals surface area contributed by atoms with Crippen LogP contribution in [-0.4, -0.2) is 23.1 Å². The van der Waals surface area contributed by atoms with Gasteiger partial charge in [-0.05, 0) is 6.42 Å². The van der Waals surface area contributed by atoms with Crippen molar-refractivity contribution in [2.45, 2.75) is 39.0 Å². The minimum Gasteiger partial charge on any atom is -1.00 e. The van der Waals surface area contributed by atoms with Crippen molar-refractivity contribution in [2.75, 3.05) is 0 Å². The third-order valence-corrected chi connectivity index (χ3v) is 1.48. The van der Waals surface area contributed by atoms with Gasteiger partial charge < -0.3 is 19.3 Å². The normalized spacial score (nSPS) is 10.0. The smallest absolute Gasteiger partial charge is 1.00 e. The number of halogens is 1. The molecular weight excluding hydrogens is 192 g/mol. The van der Waals surface area contributed by atoms with E-state index in [1.807, 2.05) is 0 Å². The molecule has 72 valence electrons. The fourth-order valence-corrected chi connectivity index (χ4v) is 0.789. The van der Waals surface area contributed by atoms with E-state index in [4.69, 9.17) is 0 Å². The van der Waals surface area contributed by atoms with Crippen LogP contribution in [0.5, 0.6) is 0 Å². The summed E-state index contributed by atoms with van der Waals surface area (Å²) >= 11 is 0. The molecule has 0 amide bonds. The molecule has 0 rings (SSSR count). The van der Waals surface area contributed by atoms with Gasteiger partial charge in [0.25, 0.3) is 0 Å². The molecule has 13 heavy (non-hydrogen) atoms. The molecule has 0 aliphatic rings. The summed E-state index contributed by atoms with van der Waals surface area (Å²) in [6.07, 6.45) is 14.5. The second-order valence-electron chi connectivity index (χ2n) is 2.64. The molecule has 0 nitrogen and oxygen atoms in total. The van der Waals surface area contributed by atoms with Gasteiger partial charge in [0.1, 0.15) is 0 Å². The number of unbranched alkanes of at least 4 members (excludes halogenated alkanes) is 3. The molecule has 0 atom stereocenters. The first-order valence-corrected chi connectivity index (χ1v) is 4.52. The zero-order valence-corrected chi connectivity index (χ0v) is 10.8. The van der Waals surface area contributed by atoms with E-state index in [1.165, 1.54) is 19.3 Å². The van der Waals surface area contributed by atoms with Crippen molar-refractivity contribution in [1.29, 1.82) is 0 Å². The Hall–Kier alpha value is 0.536. The molecule has 0 unspecified atom stereocenters. The summed E-state index contributed by atoms with van der Waals surface area (Å²) in [5.74, 6) is 0. The van der Waals surface area contributed by atoms with Crippen molar-refractivity contribution in [3.63, 3.8) is 0 Å². The number of hydrogen-bond acceptors (Lipinski definition) is 0. The van der Waals surface area contributed by atoms with Gasteiger partial charge in [0.05, 0.1) is 0 Å². The first-order valence-electron chi connectivity index (χ1n) is 4.52. The fraction of sp³-hybridized carbons (Fsp3) is 0.545. The molecule has 0 aromatic rings. The van der Waals surface area contributed by atoms with Crippen LogP contribution in [0.15, 0.2) is 24.3 Å². The van der Waals surface area contributed by atoms with Crippen LogP contribution in [0.3, 0.4) is 0 Å². The first kappa shape index (κ1) is 19.2. The predicted octanol–water partition coefficient (Wildman–Crippen LogP) is 0.526. The van der Waals surface area contributed by atoms with E-state index in [1.54, 1.807) is 0 Å². The van der Waals surface area contributed by atoms with Crippen LogP contribution in [0.2, 0.25) is 0 Å². The van der Waals surface area contributed by atoms with Gasteiger partial charge in [0.15, 0.2) is 0 Å². The van der Waals surface area contributed by atoms with Crippen LogP contribution in [0, 0.1) is 6.92 Å². The minimum atomic E-state index is 0. The quantitative estimate of drug-likeness (QED) is 0.260. The molecule has 0 spiro atoms. The van der Waals surface area contributed by atoms with Gasteiger partial charge >= 0.3 is 23.1 Å². The maximum Gasteiger partial charge on any atom is 2.00 e. The Morgan fingerprint density at radius 2 is 1.62 bits per heavy atom. The minimum absolute atomic E-state index is 0. The van der Waals surface area contributed by atoms with Gasteiger partial charge in [-0.2, -0.15) is 6.42 Å². The van der Waals surface area contributed by atoms with Gasteiger partial charge in [-0.3, -0.25) is 0 Å². The van der Waals surface area contributed by atoms with Crippen molar-refractivity contribution in [2.24, 2.45) is 0 Å². The summed E-state index contributed by atoms with van der Waals surface area (Å²) in [5.41, 5.74) is 0. The Labute approximate surface area is 105 Å². The third-order valence-electron chi connectivity index (χ3n) is 1.48. The van der Waals surface area contributed by atoms with Gasteiger partial charge in [0.2, 0.25) is 0 Å². The molecule has 2 heteroatoms. The van der Waals surface area contributed by atoms with Crippen LogP contribution in [-0.2, 0) is 0 Å². The zero-order chi connectivity index (χ0) is 8.36. The van der Waals surface area contributed by atoms with E-state index in [0.29, 0.717) is 0 Å². The Balaban J connectivity index is -0.000000500. The largest absolute Gasteiger partial charge is 2.00 e. The Morgan fingerprint density at radius 3 is 2.08 bits per heavy atom. The Bertz CT molecular complexity index is 119. The van der Waals surface area contributed by atoms with Crippen LogP contribution in [0.1, 0.15) is 39.0 Å². The van der Waals surface area contributed by atoms with Gasteiger partial charge in [-0.15, -0.1) is 0 Å². The van der Waals surface area contributed by atoms with Crippen molar-refractivity contribution in [3.05, 3.63) is 31.2 Å². The van der Waals surface area contributed by atoms with Crippen LogP contribution in [0.4, 0.5) is 0 Å². The van der Waals surface area contributed by atoms with Crippen molar-refractivity contribution in [3.8, 4) is 0 Å². The van der Waals surface area contributed by atoms with Crippen molar-refractivity contribution < 1.29 is 12.4 Å². The SMILES string of the molecule is [CH2-]CC/C=C\C=C\CCCC.[Cl-].[Mg+2]. The van der Waals surface area contributed by atoms with Gasteiger partial charge in [-0.25, -0.2) is 0 Å². The average Bonchev–Trinajstić information content (AvgIpc) is 2.03. The Morgan fingerprint density at radius 1 is 1.08 bits per heavy atom. The average molecular weight is 211 g/mol. The monoisotopic (exact) mass is 210 g/mol. The van der Waals surface area contributed by atoms with Crippen LogP contribution < -0.4 is 12.4 Å². The summed E-state index contributed by atoms with van der Waals surface area (Å²) < 4.78 is 0. The topological polar surface area (TPSA) is 0 Å². The standard InChI is InChI=1S/C11H19.ClH.Mg/c1-3-5-7-9-11-10-8-6-4-2;;/h7,9-11H,1,3-6,8H2,2H3;1H;/q-1;;+2/p-1/b9-7-,11-10+;;. The second kappa shape index (κ2) is 18.3. The summed E-state index contributed by atoms with van der Waals surface area (Å²) in [5, 5.41) is 0. The zero-order valence-electron chi connectivity index (χ0n) is 8.64. The molecule has 0 aliphatic carbocycles. The number of rotatable bonds is 6. The summed E-state index contributed by atoms with van der Waals surface area (Å²) in [4.78, 5) is 0. The number of allylic oxidation sites excluding steroid dienone is 4. The van der Waals surface area contributed by atoms with Gasteiger partial charge in [-0.1, -0.05) is 50.5 Å². The van der Waals surface area contributed by atoms with E-state index in [-0.39, 0.29) is 35.5 Å². The van der Waals surface area contributed by atoms with Crippen LogP contribution >= 0.6 is 0 Å². The molecular formula is C11H19ClMg. The van der Waals surface area contributed by atoms with E-state index in [9.17, 15) is 0 Å². The molecule has 0 heterocycles. The first-order chi connectivity index (χ1) is 5.41. The summed E-state index contributed by atoms with van der Waals surface area (Å²) in [6, 6.07) is 0. The molecule has 0 bridgehead atoms. The van der Waals surface area contributed by atoms with Gasteiger partial charge in [0, 0.05) is 0 Å². The van der Waals surface area contributed by atoms with Crippen molar-refractivity contribution >= 4 is 23.1 Å². The summed E-state index contributed by atoms with van der Waals surface area (Å²) in [6.45, 7) is 5.97. The van der Waals surface area contributed by atoms with E-state index in [0.717, 1.165) is 12.8 Å². The second-order valence-corrected chi connectivity index (χ2v) is 2.64. The van der Waals surface area contributed by atoms with Crippen LogP contribution in [0.25, 0.3) is 0 Å². The molecule has 0 aliphatic heterocycles.